The summed E-state index contributed by atoms with van der Waals surface area (Å²) >= 11 is 0. The van der Waals surface area contributed by atoms with Crippen LogP contribution in [0.25, 0.3) is 10.9 Å². The predicted molar refractivity (Wildman–Crippen MR) is 163 cm³/mol. The van der Waals surface area contributed by atoms with Crippen LogP contribution in [0.15, 0.2) is 48.8 Å². The summed E-state index contributed by atoms with van der Waals surface area (Å²) in [6.45, 7) is 7.02. The van der Waals surface area contributed by atoms with Crippen molar-refractivity contribution in [2.75, 3.05) is 17.2 Å². The summed E-state index contributed by atoms with van der Waals surface area (Å²) in [6.07, 6.45) is 8.80. The maximum Gasteiger partial charge on any atom is 0.109 e. The highest BCUT2D eigenvalue weighted by Gasteiger charge is 2.59. The number of nitrogens with zero attached hydrogens (tertiary/aromatic N) is 7. The topological polar surface area (TPSA) is 139 Å². The normalized spacial score (nSPS) is 21.8. The Bertz CT molecular complexity index is 1870. The molecule has 9 heteroatoms. The zero-order valence-electron chi connectivity index (χ0n) is 24.6. The van der Waals surface area contributed by atoms with Crippen LogP contribution >= 0.6 is 0 Å². The summed E-state index contributed by atoms with van der Waals surface area (Å²) in [6, 6.07) is 18.4. The van der Waals surface area contributed by atoms with E-state index in [1.54, 1.807) is 18.3 Å². The van der Waals surface area contributed by atoms with E-state index in [0.717, 1.165) is 54.8 Å². The molecule has 0 amide bonds. The number of anilines is 2. The van der Waals surface area contributed by atoms with Crippen molar-refractivity contribution in [2.24, 2.45) is 11.3 Å². The number of aromatic nitrogens is 4. The molecule has 2 aromatic heterocycles. The van der Waals surface area contributed by atoms with Crippen LogP contribution in [0.2, 0.25) is 0 Å². The summed E-state index contributed by atoms with van der Waals surface area (Å²) in [5, 5.41) is 46.9. The van der Waals surface area contributed by atoms with Gasteiger partial charge in [0, 0.05) is 18.1 Å². The molecule has 9 nitrogen and oxygen atoms in total. The predicted octanol–water partition coefficient (Wildman–Crippen LogP) is 6.29. The fourth-order valence-corrected chi connectivity index (χ4v) is 6.55. The molecule has 214 valence electrons. The standard InChI is InChI=1S/C34H33N9/c1-32(2,3)20-39-29-24(16-36)17-38-31-26(29)9-21(15-35)10-27(31)40-30(23-5-4-6-25(11-23)33(19-37)7-8-33)28-18-43(42-41-28)34-12-22(13-34)14-34/h4-6,9-11,17-18,22,30,40H,7-8,12-14,20H2,1-3H3,(H,38,39)/t22?,30-,34?/m0/s1. The molecule has 2 N–H and O–H groups in total. The van der Waals surface area contributed by atoms with Gasteiger partial charge in [-0.1, -0.05) is 50.3 Å². The SMILES string of the molecule is CC(C)(C)CNc1c(C#N)cnc2c(N[C@@H](c3cccc(C4(C#N)CC4)c3)c3cn(C45CC(C4)C5)nn3)cc(C#N)cc12. The maximum absolute atomic E-state index is 10.0. The fourth-order valence-electron chi connectivity index (χ4n) is 6.55. The molecular formula is C34H33N9. The number of nitrogens with one attached hydrogen (secondary N) is 2. The van der Waals surface area contributed by atoms with Crippen molar-refractivity contribution in [1.29, 1.82) is 15.8 Å². The van der Waals surface area contributed by atoms with Gasteiger partial charge in [-0.2, -0.15) is 15.8 Å². The monoisotopic (exact) mass is 567 g/mol. The Balaban J connectivity index is 1.35. The Kier molecular flexibility index (Phi) is 5.98. The van der Waals surface area contributed by atoms with Gasteiger partial charge in [0.1, 0.15) is 11.8 Å². The Morgan fingerprint density at radius 3 is 2.49 bits per heavy atom. The minimum atomic E-state index is -0.430. The van der Waals surface area contributed by atoms with E-state index in [-0.39, 0.29) is 11.0 Å². The van der Waals surface area contributed by atoms with Crippen LogP contribution in [0.1, 0.15) is 86.9 Å². The molecule has 0 saturated heterocycles. The molecule has 4 aliphatic rings. The van der Waals surface area contributed by atoms with E-state index in [4.69, 9.17) is 4.98 Å². The maximum atomic E-state index is 10.0. The van der Waals surface area contributed by atoms with Gasteiger partial charge >= 0.3 is 0 Å². The van der Waals surface area contributed by atoms with Crippen molar-refractivity contribution in [3.05, 3.63) is 76.7 Å². The van der Waals surface area contributed by atoms with Crippen molar-refractivity contribution in [1.82, 2.24) is 20.0 Å². The van der Waals surface area contributed by atoms with E-state index in [9.17, 15) is 15.8 Å². The van der Waals surface area contributed by atoms with Gasteiger partial charge in [-0.05, 0) is 66.7 Å². The molecule has 1 atom stereocenters. The van der Waals surface area contributed by atoms with Crippen LogP contribution in [-0.4, -0.2) is 26.5 Å². The third-order valence-corrected chi connectivity index (χ3v) is 9.35. The minimum absolute atomic E-state index is 0.0269. The van der Waals surface area contributed by atoms with Gasteiger partial charge in [0.05, 0.1) is 63.3 Å². The van der Waals surface area contributed by atoms with Crippen LogP contribution in [0.5, 0.6) is 0 Å². The van der Waals surface area contributed by atoms with Crippen LogP contribution < -0.4 is 10.6 Å². The number of hydrogen-bond donors (Lipinski definition) is 2. The third-order valence-electron chi connectivity index (χ3n) is 9.35. The lowest BCUT2D eigenvalue weighted by Gasteiger charge is -2.61. The van der Waals surface area contributed by atoms with Crippen molar-refractivity contribution < 1.29 is 0 Å². The third kappa shape index (κ3) is 4.55. The average Bonchev–Trinajstić information content (AvgIpc) is 3.62. The Morgan fingerprint density at radius 2 is 1.86 bits per heavy atom. The van der Waals surface area contributed by atoms with Gasteiger partial charge in [-0.25, -0.2) is 4.68 Å². The first-order valence-corrected chi connectivity index (χ1v) is 14.9. The number of pyridine rings is 1. The largest absolute Gasteiger partial charge is 0.383 e. The Labute approximate surface area is 251 Å². The fraction of sp³-hybridized carbons (Fsp3) is 0.412. The summed E-state index contributed by atoms with van der Waals surface area (Å²) in [4.78, 5) is 4.71. The molecule has 2 heterocycles. The molecule has 0 radical (unpaired) electrons. The number of fused-ring (bicyclic) bond motifs is 1. The van der Waals surface area contributed by atoms with Gasteiger partial charge in [0.25, 0.3) is 0 Å². The number of benzene rings is 2. The van der Waals surface area contributed by atoms with Crippen LogP contribution in [0.3, 0.4) is 0 Å². The lowest BCUT2D eigenvalue weighted by atomic mass is 9.50. The molecule has 4 fully saturated rings. The first-order chi connectivity index (χ1) is 20.7. The van der Waals surface area contributed by atoms with Crippen molar-refractivity contribution in [3.63, 3.8) is 0 Å². The van der Waals surface area contributed by atoms with E-state index in [2.05, 4.69) is 66.0 Å². The zero-order chi connectivity index (χ0) is 30.0. The first kappa shape index (κ1) is 26.9. The second-order valence-corrected chi connectivity index (χ2v) is 13.8. The highest BCUT2D eigenvalue weighted by atomic mass is 15.5. The van der Waals surface area contributed by atoms with Gasteiger partial charge in [-0.3, -0.25) is 4.98 Å². The van der Waals surface area contributed by atoms with E-state index >= 15 is 0 Å². The van der Waals surface area contributed by atoms with Crippen molar-refractivity contribution in [2.45, 2.75) is 69.9 Å². The zero-order valence-corrected chi connectivity index (χ0v) is 24.6. The van der Waals surface area contributed by atoms with Gasteiger partial charge in [-0.15, -0.1) is 5.10 Å². The lowest BCUT2D eigenvalue weighted by Crippen LogP contribution is -2.59. The van der Waals surface area contributed by atoms with Crippen LogP contribution in [0.4, 0.5) is 11.4 Å². The molecule has 8 rings (SSSR count). The molecule has 43 heavy (non-hydrogen) atoms. The van der Waals surface area contributed by atoms with Crippen LogP contribution in [-0.2, 0) is 11.0 Å². The van der Waals surface area contributed by atoms with E-state index in [1.807, 2.05) is 29.1 Å². The summed E-state index contributed by atoms with van der Waals surface area (Å²) in [5.74, 6) is 0.810. The van der Waals surface area contributed by atoms with Gasteiger partial charge in [0.15, 0.2) is 0 Å². The second-order valence-electron chi connectivity index (χ2n) is 13.8. The van der Waals surface area contributed by atoms with Crippen LogP contribution in [0, 0.1) is 45.3 Å². The molecule has 0 aliphatic heterocycles. The molecule has 4 saturated carbocycles. The van der Waals surface area contributed by atoms with E-state index < -0.39 is 11.5 Å². The molecule has 4 aromatic rings. The van der Waals surface area contributed by atoms with Crippen molar-refractivity contribution >= 4 is 22.3 Å². The summed E-state index contributed by atoms with van der Waals surface area (Å²) in [5.41, 5.74) is 5.23. The number of nitriles is 3. The smallest absolute Gasteiger partial charge is 0.109 e. The molecular weight excluding hydrogens is 534 g/mol. The highest BCUT2D eigenvalue weighted by molar-refractivity contribution is 6.01. The Morgan fingerprint density at radius 1 is 1.07 bits per heavy atom. The minimum Gasteiger partial charge on any atom is -0.383 e. The second kappa shape index (κ2) is 9.54. The quantitative estimate of drug-likeness (QED) is 0.253. The van der Waals surface area contributed by atoms with E-state index in [0.29, 0.717) is 39.9 Å². The van der Waals surface area contributed by atoms with E-state index in [1.165, 1.54) is 0 Å². The highest BCUT2D eigenvalue weighted by Crippen LogP contribution is 2.62. The molecule has 2 aromatic carbocycles. The summed E-state index contributed by atoms with van der Waals surface area (Å²) < 4.78 is 2.04. The lowest BCUT2D eigenvalue weighted by molar-refractivity contribution is -0.0989. The molecule has 2 bridgehead atoms. The van der Waals surface area contributed by atoms with Crippen molar-refractivity contribution in [3.8, 4) is 18.2 Å². The number of hydrogen-bond acceptors (Lipinski definition) is 8. The summed E-state index contributed by atoms with van der Waals surface area (Å²) in [7, 11) is 0. The average molecular weight is 568 g/mol. The molecule has 0 unspecified atom stereocenters. The molecule has 0 spiro atoms. The van der Waals surface area contributed by atoms with Gasteiger partial charge in [0.2, 0.25) is 0 Å². The first-order valence-electron chi connectivity index (χ1n) is 14.9. The van der Waals surface area contributed by atoms with Gasteiger partial charge < -0.3 is 10.6 Å². The Hall–Kier alpha value is -4.94. The number of rotatable bonds is 8. The molecule has 4 aliphatic carbocycles.